The van der Waals surface area contributed by atoms with Crippen molar-refractivity contribution >= 4 is 11.6 Å². The number of hydrogen-bond acceptors (Lipinski definition) is 6. The van der Waals surface area contributed by atoms with Crippen LogP contribution < -0.4 is 14.8 Å². The quantitative estimate of drug-likeness (QED) is 0.743. The standard InChI is InChI=1S/C16H16N6O3/c23-16(8-22-11-17-10-19-22)20-12-5-18-21(6-12)7-13-9-24-14-3-1-2-4-15(14)25-13/h1-6,10-11,13H,7-9H2,(H,20,23). The second-order valence-corrected chi connectivity index (χ2v) is 5.59. The van der Waals surface area contributed by atoms with E-state index in [1.54, 1.807) is 17.1 Å². The number of amides is 1. The van der Waals surface area contributed by atoms with Crippen molar-refractivity contribution in [2.45, 2.75) is 19.2 Å². The second-order valence-electron chi connectivity index (χ2n) is 5.59. The molecule has 1 aromatic carbocycles. The van der Waals surface area contributed by atoms with Crippen LogP contribution in [0.15, 0.2) is 49.3 Å². The van der Waals surface area contributed by atoms with Gasteiger partial charge in [-0.25, -0.2) is 9.67 Å². The van der Waals surface area contributed by atoms with Crippen molar-refractivity contribution in [2.75, 3.05) is 11.9 Å². The van der Waals surface area contributed by atoms with Gasteiger partial charge in [0.15, 0.2) is 17.6 Å². The van der Waals surface area contributed by atoms with Crippen LogP contribution in [0.3, 0.4) is 0 Å². The third-order valence-corrected chi connectivity index (χ3v) is 3.65. The van der Waals surface area contributed by atoms with Crippen LogP contribution in [-0.2, 0) is 17.9 Å². The van der Waals surface area contributed by atoms with Crippen molar-refractivity contribution < 1.29 is 14.3 Å². The molecule has 1 aliphatic rings. The van der Waals surface area contributed by atoms with Gasteiger partial charge in [-0.15, -0.1) is 0 Å². The maximum Gasteiger partial charge on any atom is 0.246 e. The lowest BCUT2D eigenvalue weighted by Gasteiger charge is -2.26. The number of aromatic nitrogens is 5. The Balaban J connectivity index is 1.33. The van der Waals surface area contributed by atoms with Gasteiger partial charge in [0.25, 0.3) is 0 Å². The summed E-state index contributed by atoms with van der Waals surface area (Å²) in [6, 6.07) is 7.56. The number of nitrogens with zero attached hydrogens (tertiary/aromatic N) is 5. The third-order valence-electron chi connectivity index (χ3n) is 3.65. The van der Waals surface area contributed by atoms with Crippen LogP contribution in [0.1, 0.15) is 0 Å². The van der Waals surface area contributed by atoms with Gasteiger partial charge in [0.05, 0.1) is 18.4 Å². The predicted octanol–water partition coefficient (Wildman–Crippen LogP) is 0.953. The van der Waals surface area contributed by atoms with Gasteiger partial charge in [-0.3, -0.25) is 9.48 Å². The van der Waals surface area contributed by atoms with Gasteiger partial charge in [-0.05, 0) is 12.1 Å². The molecule has 0 saturated heterocycles. The van der Waals surface area contributed by atoms with E-state index in [2.05, 4.69) is 20.5 Å². The van der Waals surface area contributed by atoms with Crippen molar-refractivity contribution in [2.24, 2.45) is 0 Å². The number of fused-ring (bicyclic) bond motifs is 1. The number of anilines is 1. The fourth-order valence-corrected chi connectivity index (χ4v) is 2.55. The smallest absolute Gasteiger partial charge is 0.246 e. The van der Waals surface area contributed by atoms with Gasteiger partial charge in [0, 0.05) is 6.20 Å². The van der Waals surface area contributed by atoms with Gasteiger partial charge in [0.2, 0.25) is 5.91 Å². The minimum atomic E-state index is -0.198. The molecule has 25 heavy (non-hydrogen) atoms. The molecule has 1 unspecified atom stereocenters. The lowest BCUT2D eigenvalue weighted by molar-refractivity contribution is -0.116. The first-order chi connectivity index (χ1) is 12.3. The Morgan fingerprint density at radius 1 is 1.24 bits per heavy atom. The van der Waals surface area contributed by atoms with Crippen LogP contribution in [0.2, 0.25) is 0 Å². The van der Waals surface area contributed by atoms with Crippen molar-refractivity contribution in [1.82, 2.24) is 24.5 Å². The van der Waals surface area contributed by atoms with E-state index in [0.717, 1.165) is 11.5 Å². The highest BCUT2D eigenvalue weighted by Gasteiger charge is 2.21. The summed E-state index contributed by atoms with van der Waals surface area (Å²) in [5.74, 6) is 1.28. The summed E-state index contributed by atoms with van der Waals surface area (Å²) in [5, 5.41) is 10.9. The summed E-state index contributed by atoms with van der Waals surface area (Å²) >= 11 is 0. The van der Waals surface area contributed by atoms with Gasteiger partial charge < -0.3 is 14.8 Å². The molecule has 0 fully saturated rings. The second kappa shape index (κ2) is 6.63. The molecule has 1 atom stereocenters. The van der Waals surface area contributed by atoms with Crippen LogP contribution in [0.5, 0.6) is 11.5 Å². The summed E-state index contributed by atoms with van der Waals surface area (Å²) in [5.41, 5.74) is 0.613. The van der Waals surface area contributed by atoms with Gasteiger partial charge in [-0.1, -0.05) is 12.1 Å². The highest BCUT2D eigenvalue weighted by Crippen LogP contribution is 2.31. The van der Waals surface area contributed by atoms with Crippen LogP contribution in [-0.4, -0.2) is 43.2 Å². The van der Waals surface area contributed by atoms with Crippen molar-refractivity contribution in [1.29, 1.82) is 0 Å². The molecular formula is C16H16N6O3. The molecule has 0 radical (unpaired) electrons. The Kier molecular flexibility index (Phi) is 4.03. The number of ether oxygens (including phenoxy) is 2. The van der Waals surface area contributed by atoms with E-state index >= 15 is 0 Å². The number of para-hydroxylation sites is 2. The molecule has 128 valence electrons. The number of carbonyl (C=O) groups is 1. The SMILES string of the molecule is O=C(Cn1cncn1)Nc1cnn(CC2COc3ccccc3O2)c1. The zero-order valence-corrected chi connectivity index (χ0v) is 13.3. The van der Waals surface area contributed by atoms with Crippen molar-refractivity contribution in [3.8, 4) is 11.5 Å². The van der Waals surface area contributed by atoms with Crippen LogP contribution in [0, 0.1) is 0 Å². The fourth-order valence-electron chi connectivity index (χ4n) is 2.55. The summed E-state index contributed by atoms with van der Waals surface area (Å²) in [4.78, 5) is 15.7. The molecule has 1 aliphatic heterocycles. The molecule has 9 nitrogen and oxygen atoms in total. The zero-order chi connectivity index (χ0) is 17.1. The highest BCUT2D eigenvalue weighted by molar-refractivity contribution is 5.90. The van der Waals surface area contributed by atoms with E-state index in [-0.39, 0.29) is 18.6 Å². The molecular weight excluding hydrogens is 324 g/mol. The van der Waals surface area contributed by atoms with Crippen molar-refractivity contribution in [3.63, 3.8) is 0 Å². The lowest BCUT2D eigenvalue weighted by Crippen LogP contribution is -2.33. The predicted molar refractivity (Wildman–Crippen MR) is 87.2 cm³/mol. The van der Waals surface area contributed by atoms with E-state index in [1.807, 2.05) is 24.3 Å². The molecule has 0 aliphatic carbocycles. The number of nitrogens with one attached hydrogen (secondary N) is 1. The normalized spacial score (nSPS) is 15.8. The average Bonchev–Trinajstić information content (AvgIpc) is 3.27. The van der Waals surface area contributed by atoms with Gasteiger partial charge >= 0.3 is 0 Å². The molecule has 0 spiro atoms. The molecule has 4 rings (SSSR count). The fraction of sp³-hybridized carbons (Fsp3) is 0.250. The van der Waals surface area contributed by atoms with E-state index in [9.17, 15) is 4.79 Å². The Hall–Kier alpha value is -3.36. The molecule has 2 aromatic heterocycles. The first kappa shape index (κ1) is 15.2. The largest absolute Gasteiger partial charge is 0.486 e. The van der Waals surface area contributed by atoms with E-state index < -0.39 is 0 Å². The number of carbonyl (C=O) groups excluding carboxylic acids is 1. The average molecular weight is 340 g/mol. The van der Waals surface area contributed by atoms with E-state index in [1.165, 1.54) is 17.3 Å². The van der Waals surface area contributed by atoms with Gasteiger partial charge in [-0.2, -0.15) is 10.2 Å². The summed E-state index contributed by atoms with van der Waals surface area (Å²) < 4.78 is 14.8. The maximum absolute atomic E-state index is 11.9. The van der Waals surface area contributed by atoms with Crippen LogP contribution in [0.25, 0.3) is 0 Å². The van der Waals surface area contributed by atoms with E-state index in [0.29, 0.717) is 18.8 Å². The monoisotopic (exact) mass is 340 g/mol. The number of hydrogen-bond donors (Lipinski definition) is 1. The Morgan fingerprint density at radius 2 is 2.12 bits per heavy atom. The third kappa shape index (κ3) is 3.60. The molecule has 0 saturated carbocycles. The minimum absolute atomic E-state index is 0.0988. The summed E-state index contributed by atoms with van der Waals surface area (Å²) in [6.07, 6.45) is 6.07. The lowest BCUT2D eigenvalue weighted by atomic mass is 10.2. The molecule has 1 N–H and O–H groups in total. The first-order valence-electron chi connectivity index (χ1n) is 7.79. The van der Waals surface area contributed by atoms with Gasteiger partial charge in [0.1, 0.15) is 25.8 Å². The number of rotatable bonds is 5. The topological polar surface area (TPSA) is 96.1 Å². The van der Waals surface area contributed by atoms with Crippen LogP contribution in [0.4, 0.5) is 5.69 Å². The molecule has 3 heterocycles. The first-order valence-corrected chi connectivity index (χ1v) is 7.79. The maximum atomic E-state index is 11.9. The number of benzene rings is 1. The molecule has 1 amide bonds. The van der Waals surface area contributed by atoms with Crippen molar-refractivity contribution in [3.05, 3.63) is 49.3 Å². The molecule has 0 bridgehead atoms. The zero-order valence-electron chi connectivity index (χ0n) is 13.3. The van der Waals surface area contributed by atoms with Crippen LogP contribution >= 0.6 is 0 Å². The summed E-state index contributed by atoms with van der Waals surface area (Å²) in [6.45, 7) is 1.07. The Labute approximate surface area is 143 Å². The Bertz CT molecular complexity index is 860. The summed E-state index contributed by atoms with van der Waals surface area (Å²) in [7, 11) is 0. The highest BCUT2D eigenvalue weighted by atomic mass is 16.6. The Morgan fingerprint density at radius 3 is 2.96 bits per heavy atom. The minimum Gasteiger partial charge on any atom is -0.486 e. The van der Waals surface area contributed by atoms with E-state index in [4.69, 9.17) is 9.47 Å². The molecule has 9 heteroatoms. The molecule has 3 aromatic rings.